The molecule has 1 saturated carbocycles. The molecule has 4 rings (SSSR count). The van der Waals surface area contributed by atoms with Crippen molar-refractivity contribution >= 4 is 22.8 Å². The number of nitrogens with one attached hydrogen (secondary N) is 1. The molecular weight excluding hydrogens is 394 g/mol. The van der Waals surface area contributed by atoms with Crippen LogP contribution in [0.4, 0.5) is 0 Å². The number of hydrogen-bond acceptors (Lipinski definition) is 5. The lowest BCUT2D eigenvalue weighted by molar-refractivity contribution is -0.141. The summed E-state index contributed by atoms with van der Waals surface area (Å²) < 4.78 is 2.27. The molecule has 2 N–H and O–H groups in total. The standard InChI is InChI=1S/C23H33N5O3/c1-4-16(13-20(29)25-31)22(30)28-15-23(9-10-23)14-19(28)21-24-17-7-5-6-8-18(17)27(21)12-11-26(2)3/h5-8,16,19,31H,4,9-15H2,1-3H3,(H,25,29)/t16-,19+/m1/s1. The van der Waals surface area contributed by atoms with E-state index in [2.05, 4.69) is 29.6 Å². The van der Waals surface area contributed by atoms with Crippen molar-refractivity contribution in [2.24, 2.45) is 11.3 Å². The maximum Gasteiger partial charge on any atom is 0.244 e. The Labute approximate surface area is 183 Å². The largest absolute Gasteiger partial charge is 0.332 e. The maximum absolute atomic E-state index is 13.5. The predicted octanol–water partition coefficient (Wildman–Crippen LogP) is 2.57. The number of rotatable bonds is 8. The third kappa shape index (κ3) is 4.32. The van der Waals surface area contributed by atoms with Crippen LogP contribution < -0.4 is 5.48 Å². The molecule has 168 valence electrons. The summed E-state index contributed by atoms with van der Waals surface area (Å²) in [6.07, 6.45) is 3.75. The summed E-state index contributed by atoms with van der Waals surface area (Å²) >= 11 is 0. The minimum Gasteiger partial charge on any atom is -0.332 e. The highest BCUT2D eigenvalue weighted by Crippen LogP contribution is 2.58. The second-order valence-corrected chi connectivity index (χ2v) is 9.44. The van der Waals surface area contributed by atoms with Crippen LogP contribution in [0.2, 0.25) is 0 Å². The molecule has 1 aromatic heterocycles. The molecule has 0 radical (unpaired) electrons. The van der Waals surface area contributed by atoms with E-state index in [4.69, 9.17) is 10.2 Å². The number of hydroxylamine groups is 1. The van der Waals surface area contributed by atoms with E-state index in [1.807, 2.05) is 30.0 Å². The van der Waals surface area contributed by atoms with E-state index in [9.17, 15) is 9.59 Å². The average Bonchev–Trinajstić information content (AvgIpc) is 3.26. The van der Waals surface area contributed by atoms with Crippen LogP contribution in [0.3, 0.4) is 0 Å². The van der Waals surface area contributed by atoms with Gasteiger partial charge in [-0.15, -0.1) is 0 Å². The number of imidazole rings is 1. The molecule has 8 heteroatoms. The number of carbonyl (C=O) groups is 2. The summed E-state index contributed by atoms with van der Waals surface area (Å²) in [5.41, 5.74) is 3.91. The van der Waals surface area contributed by atoms with Gasteiger partial charge in [-0.25, -0.2) is 10.5 Å². The van der Waals surface area contributed by atoms with Crippen molar-refractivity contribution in [1.82, 2.24) is 24.8 Å². The number of para-hydroxylation sites is 2. The van der Waals surface area contributed by atoms with Gasteiger partial charge in [0, 0.05) is 32.0 Å². The van der Waals surface area contributed by atoms with E-state index in [0.717, 1.165) is 55.8 Å². The van der Waals surface area contributed by atoms with Gasteiger partial charge in [-0.05, 0) is 57.3 Å². The van der Waals surface area contributed by atoms with E-state index < -0.39 is 11.8 Å². The minimum atomic E-state index is -0.518. The first kappa shape index (κ1) is 21.8. The van der Waals surface area contributed by atoms with Crippen LogP contribution in [0.25, 0.3) is 11.0 Å². The van der Waals surface area contributed by atoms with Gasteiger partial charge in [0.15, 0.2) is 0 Å². The Morgan fingerprint density at radius 1 is 1.32 bits per heavy atom. The zero-order valence-electron chi connectivity index (χ0n) is 18.7. The quantitative estimate of drug-likeness (QED) is 0.499. The molecule has 1 aliphatic heterocycles. The summed E-state index contributed by atoms with van der Waals surface area (Å²) in [6.45, 7) is 4.33. The first-order valence-electron chi connectivity index (χ1n) is 11.2. The maximum atomic E-state index is 13.5. The molecule has 2 aliphatic rings. The highest BCUT2D eigenvalue weighted by Gasteiger charge is 2.55. The van der Waals surface area contributed by atoms with Crippen molar-refractivity contribution in [1.29, 1.82) is 0 Å². The van der Waals surface area contributed by atoms with Gasteiger partial charge < -0.3 is 14.4 Å². The van der Waals surface area contributed by atoms with E-state index in [1.165, 1.54) is 0 Å². The fraction of sp³-hybridized carbons (Fsp3) is 0.609. The molecular formula is C23H33N5O3. The van der Waals surface area contributed by atoms with Crippen molar-refractivity contribution in [2.75, 3.05) is 27.2 Å². The Bertz CT molecular complexity index is 965. The number of likely N-dealkylation sites (N-methyl/N-ethyl adjacent to an activating group) is 1. The van der Waals surface area contributed by atoms with E-state index in [0.29, 0.717) is 6.42 Å². The summed E-state index contributed by atoms with van der Waals surface area (Å²) in [6, 6.07) is 8.06. The fourth-order valence-electron chi connectivity index (χ4n) is 4.85. The van der Waals surface area contributed by atoms with E-state index in [-0.39, 0.29) is 23.8 Å². The molecule has 1 aliphatic carbocycles. The Morgan fingerprint density at radius 2 is 2.06 bits per heavy atom. The smallest absolute Gasteiger partial charge is 0.244 e. The lowest BCUT2D eigenvalue weighted by Gasteiger charge is -2.28. The van der Waals surface area contributed by atoms with E-state index in [1.54, 1.807) is 5.48 Å². The summed E-state index contributed by atoms with van der Waals surface area (Å²) in [5.74, 6) is -0.0221. The number of carbonyl (C=O) groups excluding carboxylic acids is 2. The van der Waals surface area contributed by atoms with Crippen LogP contribution in [-0.2, 0) is 16.1 Å². The van der Waals surface area contributed by atoms with E-state index >= 15 is 0 Å². The molecule has 2 aromatic rings. The molecule has 1 spiro atoms. The van der Waals surface area contributed by atoms with Crippen molar-refractivity contribution in [3.63, 3.8) is 0 Å². The third-order valence-corrected chi connectivity index (χ3v) is 6.90. The molecule has 0 bridgehead atoms. The number of nitrogens with zero attached hydrogens (tertiary/aromatic N) is 4. The Kier molecular flexibility index (Phi) is 6.03. The third-order valence-electron chi connectivity index (χ3n) is 6.90. The second-order valence-electron chi connectivity index (χ2n) is 9.44. The number of benzene rings is 1. The van der Waals surface area contributed by atoms with Crippen LogP contribution in [-0.4, -0.2) is 63.6 Å². The Morgan fingerprint density at radius 3 is 2.71 bits per heavy atom. The van der Waals surface area contributed by atoms with Gasteiger partial charge in [-0.2, -0.15) is 0 Å². The SMILES string of the molecule is CC[C@H](CC(=O)NO)C(=O)N1CC2(CC2)C[C@H]1c1nc2ccccc2n1CCN(C)C. The van der Waals surface area contributed by atoms with Gasteiger partial charge in [0.25, 0.3) is 0 Å². The van der Waals surface area contributed by atoms with Gasteiger partial charge in [0.2, 0.25) is 11.8 Å². The van der Waals surface area contributed by atoms with Crippen LogP contribution in [0.5, 0.6) is 0 Å². The number of hydrogen-bond donors (Lipinski definition) is 2. The first-order chi connectivity index (χ1) is 14.9. The molecule has 2 fully saturated rings. The number of likely N-dealkylation sites (tertiary alicyclic amines) is 1. The second kappa shape index (κ2) is 8.59. The summed E-state index contributed by atoms with van der Waals surface area (Å²) in [5, 5.41) is 8.93. The van der Waals surface area contributed by atoms with Crippen LogP contribution in [0.15, 0.2) is 24.3 Å². The molecule has 2 heterocycles. The van der Waals surface area contributed by atoms with Crippen molar-refractivity contribution in [3.8, 4) is 0 Å². The predicted molar refractivity (Wildman–Crippen MR) is 117 cm³/mol. The van der Waals surface area contributed by atoms with Crippen molar-refractivity contribution in [3.05, 3.63) is 30.1 Å². The molecule has 1 saturated heterocycles. The monoisotopic (exact) mass is 427 g/mol. The molecule has 1 aromatic carbocycles. The zero-order chi connectivity index (χ0) is 22.2. The first-order valence-corrected chi connectivity index (χ1v) is 11.2. The lowest BCUT2D eigenvalue weighted by Crippen LogP contribution is -2.39. The van der Waals surface area contributed by atoms with Crippen LogP contribution in [0.1, 0.15) is 50.9 Å². The number of aromatic nitrogens is 2. The van der Waals surface area contributed by atoms with Crippen molar-refractivity contribution < 1.29 is 14.8 Å². The van der Waals surface area contributed by atoms with Crippen LogP contribution >= 0.6 is 0 Å². The summed E-state index contributed by atoms with van der Waals surface area (Å²) in [7, 11) is 4.11. The molecule has 8 nitrogen and oxygen atoms in total. The topological polar surface area (TPSA) is 90.7 Å². The normalized spacial score (nSPS) is 20.5. The van der Waals surface area contributed by atoms with Gasteiger partial charge in [-0.1, -0.05) is 19.1 Å². The Balaban J connectivity index is 1.69. The fourth-order valence-corrected chi connectivity index (χ4v) is 4.85. The molecule has 0 unspecified atom stereocenters. The molecule has 2 atom stereocenters. The zero-order valence-corrected chi connectivity index (χ0v) is 18.7. The number of amides is 2. The minimum absolute atomic E-state index is 0.000894. The van der Waals surface area contributed by atoms with Crippen molar-refractivity contribution in [2.45, 2.75) is 51.6 Å². The Hall–Kier alpha value is -2.45. The van der Waals surface area contributed by atoms with Gasteiger partial charge >= 0.3 is 0 Å². The van der Waals surface area contributed by atoms with Gasteiger partial charge in [0.05, 0.1) is 17.1 Å². The molecule has 2 amide bonds. The highest BCUT2D eigenvalue weighted by molar-refractivity contribution is 5.86. The van der Waals surface area contributed by atoms with Gasteiger partial charge in [0.1, 0.15) is 5.82 Å². The van der Waals surface area contributed by atoms with Crippen LogP contribution in [0, 0.1) is 11.3 Å². The highest BCUT2D eigenvalue weighted by atomic mass is 16.5. The summed E-state index contributed by atoms with van der Waals surface area (Å²) in [4.78, 5) is 34.4. The molecule has 31 heavy (non-hydrogen) atoms. The van der Waals surface area contributed by atoms with Gasteiger partial charge in [-0.3, -0.25) is 14.8 Å². The lowest BCUT2D eigenvalue weighted by atomic mass is 9.99. The average molecular weight is 428 g/mol. The number of fused-ring (bicyclic) bond motifs is 1.